The molecular formula is C12H12ClN3O. The molecule has 0 unspecified atom stereocenters. The minimum atomic E-state index is 0.388. The molecule has 2 aromatic rings. The second-order valence-electron chi connectivity index (χ2n) is 3.39. The van der Waals surface area contributed by atoms with Crippen LogP contribution < -0.4 is 10.1 Å². The van der Waals surface area contributed by atoms with Crippen LogP contribution >= 0.6 is 11.6 Å². The first-order valence-electron chi connectivity index (χ1n) is 5.15. The van der Waals surface area contributed by atoms with Crippen molar-refractivity contribution in [2.75, 3.05) is 12.4 Å². The van der Waals surface area contributed by atoms with Crippen LogP contribution in [0.2, 0.25) is 5.02 Å². The van der Waals surface area contributed by atoms with Gasteiger partial charge in [0.2, 0.25) is 0 Å². The van der Waals surface area contributed by atoms with Gasteiger partial charge in [-0.1, -0.05) is 11.6 Å². The number of hydrogen-bond donors (Lipinski definition) is 1. The smallest absolute Gasteiger partial charge is 0.144 e. The van der Waals surface area contributed by atoms with Crippen LogP contribution in [0.5, 0.6) is 5.75 Å². The van der Waals surface area contributed by atoms with Crippen LogP contribution in [-0.2, 0) is 6.61 Å². The first-order valence-corrected chi connectivity index (χ1v) is 5.53. The summed E-state index contributed by atoms with van der Waals surface area (Å²) in [5.74, 6) is 1.49. The Labute approximate surface area is 105 Å². The van der Waals surface area contributed by atoms with Gasteiger partial charge in [-0.3, -0.25) is 4.98 Å². The zero-order chi connectivity index (χ0) is 12.1. The van der Waals surface area contributed by atoms with E-state index in [-0.39, 0.29) is 0 Å². The maximum atomic E-state index is 5.78. The number of nitrogens with zero attached hydrogens (tertiary/aromatic N) is 2. The van der Waals surface area contributed by atoms with Crippen LogP contribution in [0.15, 0.2) is 36.7 Å². The van der Waals surface area contributed by atoms with Crippen LogP contribution in [0, 0.1) is 0 Å². The highest BCUT2D eigenvalue weighted by Gasteiger charge is 1.98. The zero-order valence-corrected chi connectivity index (χ0v) is 10.1. The molecule has 5 heteroatoms. The first kappa shape index (κ1) is 11.7. The molecule has 0 atom stereocenters. The van der Waals surface area contributed by atoms with E-state index in [9.17, 15) is 0 Å². The topological polar surface area (TPSA) is 47.0 Å². The van der Waals surface area contributed by atoms with E-state index in [0.29, 0.717) is 11.6 Å². The number of ether oxygens (including phenoxy) is 1. The number of aromatic nitrogens is 2. The highest BCUT2D eigenvalue weighted by Crippen LogP contribution is 2.16. The molecule has 0 amide bonds. The predicted molar refractivity (Wildman–Crippen MR) is 67.4 cm³/mol. The minimum absolute atomic E-state index is 0.388. The largest absolute Gasteiger partial charge is 0.487 e. The normalized spacial score (nSPS) is 10.0. The fourth-order valence-corrected chi connectivity index (χ4v) is 1.37. The molecule has 0 spiro atoms. The van der Waals surface area contributed by atoms with Gasteiger partial charge in [0.25, 0.3) is 0 Å². The van der Waals surface area contributed by atoms with Gasteiger partial charge in [-0.15, -0.1) is 0 Å². The van der Waals surface area contributed by atoms with Gasteiger partial charge < -0.3 is 10.1 Å². The van der Waals surface area contributed by atoms with Gasteiger partial charge in [0, 0.05) is 12.1 Å². The van der Waals surface area contributed by atoms with Gasteiger partial charge in [-0.25, -0.2) is 4.98 Å². The molecule has 1 heterocycles. The number of hydrogen-bond acceptors (Lipinski definition) is 4. The summed E-state index contributed by atoms with van der Waals surface area (Å²) in [6, 6.07) is 7.20. The molecule has 1 aromatic carbocycles. The van der Waals surface area contributed by atoms with E-state index in [4.69, 9.17) is 16.3 Å². The van der Waals surface area contributed by atoms with Crippen LogP contribution in [0.4, 0.5) is 5.82 Å². The Bertz CT molecular complexity index is 470. The second-order valence-corrected chi connectivity index (χ2v) is 3.82. The van der Waals surface area contributed by atoms with E-state index < -0.39 is 0 Å². The first-order chi connectivity index (χ1) is 8.28. The number of benzene rings is 1. The molecule has 0 bridgehead atoms. The van der Waals surface area contributed by atoms with Crippen molar-refractivity contribution in [2.24, 2.45) is 0 Å². The Hall–Kier alpha value is -1.81. The lowest BCUT2D eigenvalue weighted by Gasteiger charge is -2.05. The fraction of sp³-hybridized carbons (Fsp3) is 0.167. The van der Waals surface area contributed by atoms with Gasteiger partial charge in [0.15, 0.2) is 0 Å². The molecule has 0 aliphatic rings. The molecule has 0 fully saturated rings. The van der Waals surface area contributed by atoms with Crippen LogP contribution in [0.3, 0.4) is 0 Å². The molecule has 1 aromatic heterocycles. The Morgan fingerprint density at radius 3 is 2.53 bits per heavy atom. The Morgan fingerprint density at radius 2 is 1.94 bits per heavy atom. The molecular weight excluding hydrogens is 238 g/mol. The van der Waals surface area contributed by atoms with Crippen LogP contribution in [0.1, 0.15) is 5.69 Å². The van der Waals surface area contributed by atoms with Crippen molar-refractivity contribution in [1.29, 1.82) is 0 Å². The zero-order valence-electron chi connectivity index (χ0n) is 9.35. The van der Waals surface area contributed by atoms with Crippen molar-refractivity contribution < 1.29 is 4.74 Å². The number of anilines is 1. The summed E-state index contributed by atoms with van der Waals surface area (Å²) < 4.78 is 5.54. The van der Waals surface area contributed by atoms with E-state index >= 15 is 0 Å². The van der Waals surface area contributed by atoms with Crippen molar-refractivity contribution in [3.05, 3.63) is 47.4 Å². The summed E-state index contributed by atoms with van der Waals surface area (Å²) >= 11 is 5.78. The summed E-state index contributed by atoms with van der Waals surface area (Å²) in [5.41, 5.74) is 0.777. The maximum Gasteiger partial charge on any atom is 0.144 e. The average Bonchev–Trinajstić information content (AvgIpc) is 2.39. The molecule has 88 valence electrons. The molecule has 2 rings (SSSR count). The molecule has 17 heavy (non-hydrogen) atoms. The third-order valence-electron chi connectivity index (χ3n) is 2.16. The number of rotatable bonds is 4. The van der Waals surface area contributed by atoms with E-state index in [2.05, 4.69) is 15.3 Å². The van der Waals surface area contributed by atoms with Gasteiger partial charge in [-0.2, -0.15) is 0 Å². The van der Waals surface area contributed by atoms with Crippen molar-refractivity contribution in [2.45, 2.75) is 6.61 Å². The highest BCUT2D eigenvalue weighted by atomic mass is 35.5. The Kier molecular flexibility index (Phi) is 3.77. The standard InChI is InChI=1S/C12H12ClN3O/c1-14-12-7-15-10(6-16-12)8-17-11-4-2-9(13)3-5-11/h2-7H,8H2,1H3,(H,14,16). The third-order valence-corrected chi connectivity index (χ3v) is 2.41. The van der Waals surface area contributed by atoms with Crippen molar-refractivity contribution in [3.63, 3.8) is 0 Å². The minimum Gasteiger partial charge on any atom is -0.487 e. The quantitative estimate of drug-likeness (QED) is 0.905. The number of nitrogens with one attached hydrogen (secondary N) is 1. The summed E-state index contributed by atoms with van der Waals surface area (Å²) in [4.78, 5) is 8.35. The van der Waals surface area contributed by atoms with E-state index in [1.807, 2.05) is 12.1 Å². The summed E-state index contributed by atoms with van der Waals surface area (Å²) in [6.45, 7) is 0.388. The molecule has 0 radical (unpaired) electrons. The van der Waals surface area contributed by atoms with Gasteiger partial charge in [-0.05, 0) is 24.3 Å². The molecule has 0 aliphatic heterocycles. The predicted octanol–water partition coefficient (Wildman–Crippen LogP) is 2.75. The summed E-state index contributed by atoms with van der Waals surface area (Å²) in [6.07, 6.45) is 3.35. The number of halogens is 1. The lowest BCUT2D eigenvalue weighted by Crippen LogP contribution is -2.00. The SMILES string of the molecule is CNc1cnc(COc2ccc(Cl)cc2)cn1. The average molecular weight is 250 g/mol. The van der Waals surface area contributed by atoms with Crippen molar-refractivity contribution >= 4 is 17.4 Å². The third kappa shape index (κ3) is 3.32. The fourth-order valence-electron chi connectivity index (χ4n) is 1.25. The van der Waals surface area contributed by atoms with Crippen molar-refractivity contribution in [3.8, 4) is 5.75 Å². The van der Waals surface area contributed by atoms with E-state index in [0.717, 1.165) is 17.3 Å². The van der Waals surface area contributed by atoms with Gasteiger partial charge in [0.05, 0.1) is 18.1 Å². The maximum absolute atomic E-state index is 5.78. The van der Waals surface area contributed by atoms with Crippen molar-refractivity contribution in [1.82, 2.24) is 9.97 Å². The van der Waals surface area contributed by atoms with E-state index in [1.165, 1.54) is 0 Å². The molecule has 0 saturated carbocycles. The highest BCUT2D eigenvalue weighted by molar-refractivity contribution is 6.30. The molecule has 1 N–H and O–H groups in total. The molecule has 0 saturated heterocycles. The van der Waals surface area contributed by atoms with E-state index in [1.54, 1.807) is 31.6 Å². The second kappa shape index (κ2) is 5.50. The summed E-state index contributed by atoms with van der Waals surface area (Å²) in [5, 5.41) is 3.60. The molecule has 4 nitrogen and oxygen atoms in total. The lowest BCUT2D eigenvalue weighted by molar-refractivity contribution is 0.301. The lowest BCUT2D eigenvalue weighted by atomic mass is 10.3. The van der Waals surface area contributed by atoms with Gasteiger partial charge in [0.1, 0.15) is 18.2 Å². The van der Waals surface area contributed by atoms with Crippen LogP contribution in [-0.4, -0.2) is 17.0 Å². The Morgan fingerprint density at radius 1 is 1.18 bits per heavy atom. The van der Waals surface area contributed by atoms with Gasteiger partial charge >= 0.3 is 0 Å². The van der Waals surface area contributed by atoms with Crippen LogP contribution in [0.25, 0.3) is 0 Å². The summed E-state index contributed by atoms with van der Waals surface area (Å²) in [7, 11) is 1.80. The monoisotopic (exact) mass is 249 g/mol. The Balaban J connectivity index is 1.95. The molecule has 0 aliphatic carbocycles.